The highest BCUT2D eigenvalue weighted by atomic mass is 28.4. The Hall–Kier alpha value is -0.803. The molecule has 1 aromatic carbocycles. The second kappa shape index (κ2) is 4.81. The summed E-state index contributed by atoms with van der Waals surface area (Å²) in [4.78, 5) is 0. The Morgan fingerprint density at radius 3 is 2.13 bits per heavy atom. The van der Waals surface area contributed by atoms with E-state index in [2.05, 4.69) is 38.7 Å². The second-order valence-corrected chi connectivity index (χ2v) is 9.23. The molecule has 84 valence electrons. The van der Waals surface area contributed by atoms with Gasteiger partial charge in [-0.15, -0.1) is 0 Å². The Labute approximate surface area is 93.6 Å². The molecule has 1 atom stereocenters. The summed E-state index contributed by atoms with van der Waals surface area (Å²) in [5.74, 6) is 0.959. The molecule has 0 saturated heterocycles. The summed E-state index contributed by atoms with van der Waals surface area (Å²) in [6, 6.07) is 8.30. The van der Waals surface area contributed by atoms with Crippen LogP contribution in [-0.4, -0.2) is 8.32 Å². The Morgan fingerprint density at radius 2 is 1.73 bits per heavy atom. The van der Waals surface area contributed by atoms with Crippen molar-refractivity contribution in [3.63, 3.8) is 0 Å². The molecule has 0 saturated carbocycles. The van der Waals surface area contributed by atoms with Crippen LogP contribution in [0.1, 0.15) is 24.9 Å². The van der Waals surface area contributed by atoms with Gasteiger partial charge in [0.2, 0.25) is 8.32 Å². The molecule has 0 aliphatic heterocycles. The van der Waals surface area contributed by atoms with E-state index < -0.39 is 8.32 Å². The van der Waals surface area contributed by atoms with Crippen LogP contribution in [0.15, 0.2) is 24.3 Å². The monoisotopic (exact) mass is 223 g/mol. The SMILES string of the molecule is CC[C@H](N)c1ccc(O[Si](C)(C)C)cc1. The zero-order valence-corrected chi connectivity index (χ0v) is 11.1. The smallest absolute Gasteiger partial charge is 0.242 e. The minimum Gasteiger partial charge on any atom is -0.544 e. The van der Waals surface area contributed by atoms with Crippen molar-refractivity contribution in [1.29, 1.82) is 0 Å². The van der Waals surface area contributed by atoms with E-state index in [0.29, 0.717) is 0 Å². The largest absolute Gasteiger partial charge is 0.544 e. The maximum atomic E-state index is 5.94. The molecule has 0 aromatic heterocycles. The quantitative estimate of drug-likeness (QED) is 0.795. The van der Waals surface area contributed by atoms with E-state index in [1.807, 2.05) is 12.1 Å². The molecule has 1 rings (SSSR count). The highest BCUT2D eigenvalue weighted by Crippen LogP contribution is 2.20. The first-order chi connectivity index (χ1) is 6.92. The van der Waals surface area contributed by atoms with Gasteiger partial charge in [-0.2, -0.15) is 0 Å². The number of hydrogen-bond donors (Lipinski definition) is 1. The maximum Gasteiger partial charge on any atom is 0.242 e. The predicted molar refractivity (Wildman–Crippen MR) is 67.6 cm³/mol. The topological polar surface area (TPSA) is 35.2 Å². The summed E-state index contributed by atoms with van der Waals surface area (Å²) in [5.41, 5.74) is 7.12. The summed E-state index contributed by atoms with van der Waals surface area (Å²) in [6.45, 7) is 8.63. The Morgan fingerprint density at radius 1 is 1.20 bits per heavy atom. The average Bonchev–Trinajstić information content (AvgIpc) is 2.15. The van der Waals surface area contributed by atoms with Gasteiger partial charge >= 0.3 is 0 Å². The minimum atomic E-state index is -1.48. The van der Waals surface area contributed by atoms with Gasteiger partial charge in [0.1, 0.15) is 5.75 Å². The lowest BCUT2D eigenvalue weighted by molar-refractivity contribution is 0.556. The molecule has 0 spiro atoms. The van der Waals surface area contributed by atoms with E-state index in [9.17, 15) is 0 Å². The normalized spacial score (nSPS) is 13.7. The molecular weight excluding hydrogens is 202 g/mol. The van der Waals surface area contributed by atoms with Crippen LogP contribution in [0.2, 0.25) is 19.6 Å². The fraction of sp³-hybridized carbons (Fsp3) is 0.500. The van der Waals surface area contributed by atoms with Gasteiger partial charge in [0, 0.05) is 6.04 Å². The fourth-order valence-electron chi connectivity index (χ4n) is 1.37. The number of benzene rings is 1. The molecule has 2 N–H and O–H groups in total. The Balaban J connectivity index is 2.72. The van der Waals surface area contributed by atoms with E-state index >= 15 is 0 Å². The highest BCUT2D eigenvalue weighted by Gasteiger charge is 2.16. The van der Waals surface area contributed by atoms with Crippen LogP contribution in [0.25, 0.3) is 0 Å². The zero-order valence-electron chi connectivity index (χ0n) is 10.1. The van der Waals surface area contributed by atoms with Gasteiger partial charge in [0.15, 0.2) is 0 Å². The Kier molecular flexibility index (Phi) is 3.94. The predicted octanol–water partition coefficient (Wildman–Crippen LogP) is 3.31. The van der Waals surface area contributed by atoms with Gasteiger partial charge in [-0.3, -0.25) is 0 Å². The van der Waals surface area contributed by atoms with Gasteiger partial charge in [-0.25, -0.2) is 0 Å². The zero-order chi connectivity index (χ0) is 11.5. The molecule has 0 aliphatic rings. The van der Waals surface area contributed by atoms with Crippen molar-refractivity contribution < 1.29 is 4.43 Å². The van der Waals surface area contributed by atoms with Crippen LogP contribution in [0.5, 0.6) is 5.75 Å². The summed E-state index contributed by atoms with van der Waals surface area (Å²) in [7, 11) is -1.48. The third-order valence-electron chi connectivity index (χ3n) is 2.17. The molecular formula is C12H21NOSi. The second-order valence-electron chi connectivity index (χ2n) is 4.80. The standard InChI is InChI=1S/C12H21NOSi/c1-5-12(13)10-6-8-11(9-7-10)14-15(2,3)4/h6-9,12H,5,13H2,1-4H3/t12-/m0/s1. The lowest BCUT2D eigenvalue weighted by Gasteiger charge is -2.19. The number of rotatable bonds is 4. The van der Waals surface area contributed by atoms with E-state index in [1.54, 1.807) is 0 Å². The van der Waals surface area contributed by atoms with Crippen molar-refractivity contribution in [3.8, 4) is 5.75 Å². The number of nitrogens with two attached hydrogens (primary N) is 1. The van der Waals surface area contributed by atoms with Gasteiger partial charge < -0.3 is 10.2 Å². The first-order valence-electron chi connectivity index (χ1n) is 5.47. The van der Waals surface area contributed by atoms with E-state index in [1.165, 1.54) is 5.56 Å². The van der Waals surface area contributed by atoms with Crippen molar-refractivity contribution >= 4 is 8.32 Å². The number of hydrogen-bond acceptors (Lipinski definition) is 2. The van der Waals surface area contributed by atoms with Gasteiger partial charge in [0.05, 0.1) is 0 Å². The van der Waals surface area contributed by atoms with Crippen LogP contribution in [-0.2, 0) is 0 Å². The van der Waals surface area contributed by atoms with E-state index in [0.717, 1.165) is 12.2 Å². The van der Waals surface area contributed by atoms with Crippen molar-refractivity contribution in [2.24, 2.45) is 5.73 Å². The molecule has 0 heterocycles. The molecule has 0 unspecified atom stereocenters. The van der Waals surface area contributed by atoms with Gasteiger partial charge in [-0.05, 0) is 43.8 Å². The van der Waals surface area contributed by atoms with Crippen LogP contribution in [0, 0.1) is 0 Å². The lowest BCUT2D eigenvalue weighted by atomic mass is 10.1. The molecule has 0 amide bonds. The van der Waals surface area contributed by atoms with Gasteiger partial charge in [0.25, 0.3) is 0 Å². The molecule has 2 nitrogen and oxygen atoms in total. The Bertz CT molecular complexity index is 302. The summed E-state index contributed by atoms with van der Waals surface area (Å²) >= 11 is 0. The fourth-order valence-corrected chi connectivity index (χ4v) is 2.22. The first kappa shape index (κ1) is 12.3. The van der Waals surface area contributed by atoms with Gasteiger partial charge in [-0.1, -0.05) is 19.1 Å². The van der Waals surface area contributed by atoms with Crippen LogP contribution >= 0.6 is 0 Å². The van der Waals surface area contributed by atoms with Crippen molar-refractivity contribution in [1.82, 2.24) is 0 Å². The first-order valence-corrected chi connectivity index (χ1v) is 8.88. The molecule has 1 aromatic rings. The molecule has 0 radical (unpaired) electrons. The van der Waals surface area contributed by atoms with Crippen molar-refractivity contribution in [3.05, 3.63) is 29.8 Å². The van der Waals surface area contributed by atoms with Crippen LogP contribution in [0.4, 0.5) is 0 Å². The van der Waals surface area contributed by atoms with Crippen LogP contribution < -0.4 is 10.2 Å². The molecule has 0 aliphatic carbocycles. The highest BCUT2D eigenvalue weighted by molar-refractivity contribution is 6.70. The van der Waals surface area contributed by atoms with E-state index in [-0.39, 0.29) is 6.04 Å². The molecule has 3 heteroatoms. The van der Waals surface area contributed by atoms with Crippen molar-refractivity contribution in [2.45, 2.75) is 39.0 Å². The third-order valence-corrected chi connectivity index (χ3v) is 3.02. The molecule has 0 fully saturated rings. The summed E-state index contributed by atoms with van der Waals surface area (Å²) in [5, 5.41) is 0. The summed E-state index contributed by atoms with van der Waals surface area (Å²) < 4.78 is 5.87. The third kappa shape index (κ3) is 4.06. The molecule has 0 bridgehead atoms. The minimum absolute atomic E-state index is 0.144. The molecule has 15 heavy (non-hydrogen) atoms. The lowest BCUT2D eigenvalue weighted by Crippen LogP contribution is -2.29. The maximum absolute atomic E-state index is 5.94. The van der Waals surface area contributed by atoms with E-state index in [4.69, 9.17) is 10.2 Å². The van der Waals surface area contributed by atoms with Crippen LogP contribution in [0.3, 0.4) is 0 Å². The van der Waals surface area contributed by atoms with Crippen molar-refractivity contribution in [2.75, 3.05) is 0 Å². The summed E-state index contributed by atoms with van der Waals surface area (Å²) in [6.07, 6.45) is 0.966. The average molecular weight is 223 g/mol.